The minimum Gasteiger partial charge on any atom is -0.332 e. The summed E-state index contributed by atoms with van der Waals surface area (Å²) >= 11 is 3.53. The molecule has 4 heterocycles. The molecule has 3 atom stereocenters. The lowest BCUT2D eigenvalue weighted by Crippen LogP contribution is -2.50. The topological polar surface area (TPSA) is 98.0 Å². The highest BCUT2D eigenvalue weighted by Crippen LogP contribution is 2.37. The molecule has 9 heteroatoms. The lowest BCUT2D eigenvalue weighted by Gasteiger charge is -2.34. The van der Waals surface area contributed by atoms with Gasteiger partial charge in [0.1, 0.15) is 0 Å². The van der Waals surface area contributed by atoms with Crippen LogP contribution in [0, 0.1) is 0 Å². The van der Waals surface area contributed by atoms with Gasteiger partial charge in [0.05, 0.1) is 29.4 Å². The third-order valence-electron chi connectivity index (χ3n) is 6.94. The van der Waals surface area contributed by atoms with Gasteiger partial charge in [-0.15, -0.1) is 0 Å². The molecule has 2 fully saturated rings. The molecular weight excluding hydrogens is 448 g/mol. The first kappa shape index (κ1) is 18.1. The molecule has 2 aromatic heterocycles. The van der Waals surface area contributed by atoms with E-state index in [2.05, 4.69) is 43.2 Å². The molecule has 3 aromatic rings. The summed E-state index contributed by atoms with van der Waals surface area (Å²) in [5, 5.41) is 15.3. The van der Waals surface area contributed by atoms with E-state index in [0.29, 0.717) is 30.3 Å². The van der Waals surface area contributed by atoms with E-state index in [9.17, 15) is 9.59 Å². The predicted octanol–water partition coefficient (Wildman–Crippen LogP) is 2.84. The molecule has 0 radical (unpaired) electrons. The molecule has 2 bridgehead atoms. The number of halogens is 1. The Morgan fingerprint density at radius 3 is 2.67 bits per heavy atom. The fourth-order valence-corrected chi connectivity index (χ4v) is 5.82. The maximum atomic E-state index is 13.3. The number of rotatable bonds is 2. The molecule has 1 aliphatic carbocycles. The van der Waals surface area contributed by atoms with Crippen LogP contribution in [0.2, 0.25) is 0 Å². The van der Waals surface area contributed by atoms with E-state index >= 15 is 0 Å². The Labute approximate surface area is 181 Å². The van der Waals surface area contributed by atoms with Crippen LogP contribution in [0.5, 0.6) is 0 Å². The first-order valence-corrected chi connectivity index (χ1v) is 11.1. The average molecular weight is 469 g/mol. The van der Waals surface area contributed by atoms with E-state index < -0.39 is 0 Å². The monoisotopic (exact) mass is 468 g/mol. The maximum absolute atomic E-state index is 13.3. The summed E-state index contributed by atoms with van der Waals surface area (Å²) in [6.07, 6.45) is 4.52. The zero-order chi connectivity index (χ0) is 20.6. The minimum absolute atomic E-state index is 0.000870. The van der Waals surface area contributed by atoms with Crippen LogP contribution in [0.3, 0.4) is 0 Å². The number of nitrogens with zero attached hydrogens (tertiary/aromatic N) is 4. The van der Waals surface area contributed by atoms with Crippen molar-refractivity contribution in [2.75, 3.05) is 13.1 Å². The molecule has 3 aliphatic rings. The summed E-state index contributed by atoms with van der Waals surface area (Å²) in [4.78, 5) is 30.3. The van der Waals surface area contributed by atoms with Gasteiger partial charge in [0, 0.05) is 34.2 Å². The van der Waals surface area contributed by atoms with Crippen molar-refractivity contribution >= 4 is 38.6 Å². The number of fused-ring (bicyclic) bond motifs is 4. The van der Waals surface area contributed by atoms with Crippen molar-refractivity contribution in [3.8, 4) is 0 Å². The van der Waals surface area contributed by atoms with Crippen LogP contribution in [-0.4, -0.2) is 67.2 Å². The highest BCUT2D eigenvalue weighted by molar-refractivity contribution is 9.10. The SMILES string of the molecule is CC1CCc2c(C(=O)N3C[C@H]4C[C@H]3CN4C(=O)c3cc4cn[nH]c4cc3Br)n[nH]c21. The van der Waals surface area contributed by atoms with Gasteiger partial charge in [-0.2, -0.15) is 10.2 Å². The molecule has 2 N–H and O–H groups in total. The molecule has 2 saturated heterocycles. The normalized spacial score (nSPS) is 24.8. The predicted molar refractivity (Wildman–Crippen MR) is 113 cm³/mol. The van der Waals surface area contributed by atoms with Crippen molar-refractivity contribution in [3.05, 3.63) is 45.3 Å². The first-order valence-electron chi connectivity index (χ1n) is 10.3. The maximum Gasteiger partial charge on any atom is 0.275 e. The Kier molecular flexibility index (Phi) is 3.87. The highest BCUT2D eigenvalue weighted by Gasteiger charge is 2.48. The summed E-state index contributed by atoms with van der Waals surface area (Å²) < 4.78 is 0.751. The van der Waals surface area contributed by atoms with Crippen molar-refractivity contribution in [2.45, 2.75) is 44.2 Å². The second-order valence-corrected chi connectivity index (χ2v) is 9.51. The number of likely N-dealkylation sites (tertiary alicyclic amines) is 2. The Balaban J connectivity index is 1.22. The van der Waals surface area contributed by atoms with E-state index in [1.165, 1.54) is 0 Å². The number of aromatic nitrogens is 4. The number of H-pyrrole nitrogens is 2. The second-order valence-electron chi connectivity index (χ2n) is 8.65. The molecule has 2 aliphatic heterocycles. The Morgan fingerprint density at radius 2 is 1.90 bits per heavy atom. The Hall–Kier alpha value is -2.68. The summed E-state index contributed by atoms with van der Waals surface area (Å²) in [6, 6.07) is 3.85. The molecule has 0 saturated carbocycles. The van der Waals surface area contributed by atoms with E-state index in [1.807, 2.05) is 21.9 Å². The van der Waals surface area contributed by atoms with Crippen LogP contribution in [0.15, 0.2) is 22.8 Å². The quantitative estimate of drug-likeness (QED) is 0.603. The standard InChI is InChI=1S/C21H21BrN6O2/c1-10-2-3-14-18(10)25-26-19(14)21(30)28-9-12-5-13(28)8-27(12)20(29)15-4-11-7-23-24-17(11)6-16(15)22/h4,6-7,10,12-13H,2-3,5,8-9H2,1H3,(H,23,24)(H,25,26)/t10?,12-,13+/m1/s1. The van der Waals surface area contributed by atoms with Crippen LogP contribution in [0.25, 0.3) is 10.9 Å². The first-order chi connectivity index (χ1) is 14.5. The third kappa shape index (κ3) is 2.50. The fourth-order valence-electron chi connectivity index (χ4n) is 5.31. The molecule has 1 aromatic carbocycles. The van der Waals surface area contributed by atoms with Crippen molar-refractivity contribution < 1.29 is 9.59 Å². The number of nitrogens with one attached hydrogen (secondary N) is 2. The number of hydrogen-bond donors (Lipinski definition) is 2. The number of aromatic amines is 2. The summed E-state index contributed by atoms with van der Waals surface area (Å²) in [5.41, 5.74) is 4.29. The third-order valence-corrected chi connectivity index (χ3v) is 7.60. The molecule has 154 valence electrons. The smallest absolute Gasteiger partial charge is 0.275 e. The van der Waals surface area contributed by atoms with Gasteiger partial charge in [0.15, 0.2) is 5.69 Å². The lowest BCUT2D eigenvalue weighted by molar-refractivity contribution is 0.0522. The number of carbonyl (C=O) groups is 2. The molecule has 8 nitrogen and oxygen atoms in total. The van der Waals surface area contributed by atoms with Crippen LogP contribution in [0.4, 0.5) is 0 Å². The van der Waals surface area contributed by atoms with Gasteiger partial charge in [0.25, 0.3) is 11.8 Å². The van der Waals surface area contributed by atoms with E-state index in [0.717, 1.165) is 45.9 Å². The van der Waals surface area contributed by atoms with Crippen molar-refractivity contribution in [2.24, 2.45) is 0 Å². The number of piperazine rings is 1. The summed E-state index contributed by atoms with van der Waals surface area (Å²) in [7, 11) is 0. The zero-order valence-electron chi connectivity index (χ0n) is 16.5. The van der Waals surface area contributed by atoms with Gasteiger partial charge in [-0.3, -0.25) is 19.8 Å². The van der Waals surface area contributed by atoms with Gasteiger partial charge in [-0.1, -0.05) is 6.92 Å². The zero-order valence-corrected chi connectivity index (χ0v) is 18.1. The second kappa shape index (κ2) is 6.41. The number of benzene rings is 1. The molecular formula is C21H21BrN6O2. The molecule has 0 spiro atoms. The van der Waals surface area contributed by atoms with Gasteiger partial charge in [0.2, 0.25) is 0 Å². The average Bonchev–Trinajstić information content (AvgIpc) is 3.53. The minimum atomic E-state index is -0.000870. The largest absolute Gasteiger partial charge is 0.332 e. The van der Waals surface area contributed by atoms with Crippen molar-refractivity contribution in [3.63, 3.8) is 0 Å². The van der Waals surface area contributed by atoms with Crippen LogP contribution >= 0.6 is 15.9 Å². The molecule has 1 unspecified atom stereocenters. The molecule has 30 heavy (non-hydrogen) atoms. The van der Waals surface area contributed by atoms with Crippen LogP contribution < -0.4 is 0 Å². The summed E-state index contributed by atoms with van der Waals surface area (Å²) in [6.45, 7) is 3.30. The Bertz CT molecular complexity index is 1200. The van der Waals surface area contributed by atoms with E-state index in [1.54, 1.807) is 6.20 Å². The van der Waals surface area contributed by atoms with Gasteiger partial charge < -0.3 is 9.80 Å². The number of hydrogen-bond acceptors (Lipinski definition) is 4. The molecule has 2 amide bonds. The number of amides is 2. The lowest BCUT2D eigenvalue weighted by atomic mass is 10.1. The summed E-state index contributed by atoms with van der Waals surface area (Å²) in [5.74, 6) is 0.435. The highest BCUT2D eigenvalue weighted by atomic mass is 79.9. The Morgan fingerprint density at radius 1 is 1.13 bits per heavy atom. The van der Waals surface area contributed by atoms with E-state index in [4.69, 9.17) is 0 Å². The number of carbonyl (C=O) groups excluding carboxylic acids is 2. The van der Waals surface area contributed by atoms with Gasteiger partial charge in [-0.05, 0) is 53.2 Å². The van der Waals surface area contributed by atoms with Crippen LogP contribution in [0.1, 0.15) is 57.8 Å². The van der Waals surface area contributed by atoms with Crippen molar-refractivity contribution in [1.29, 1.82) is 0 Å². The van der Waals surface area contributed by atoms with Crippen LogP contribution in [-0.2, 0) is 6.42 Å². The van der Waals surface area contributed by atoms with E-state index in [-0.39, 0.29) is 23.9 Å². The van der Waals surface area contributed by atoms with Crippen molar-refractivity contribution in [1.82, 2.24) is 30.2 Å². The molecule has 6 rings (SSSR count). The van der Waals surface area contributed by atoms with Gasteiger partial charge >= 0.3 is 0 Å². The van der Waals surface area contributed by atoms with Gasteiger partial charge in [-0.25, -0.2) is 0 Å². The fraction of sp³-hybridized carbons (Fsp3) is 0.429.